The zero-order valence-electron chi connectivity index (χ0n) is 9.99. The highest BCUT2D eigenvalue weighted by atomic mass is 32.2. The smallest absolute Gasteiger partial charge is 0.208 e. The third kappa shape index (κ3) is 10.2. The molecular weight excluding hydrogens is 212 g/mol. The number of nitrogens with one attached hydrogen (secondary N) is 1. The van der Waals surface area contributed by atoms with Crippen LogP contribution in [0, 0.1) is 5.92 Å². The van der Waals surface area contributed by atoms with Crippen LogP contribution in [-0.4, -0.2) is 27.3 Å². The fraction of sp³-hybridized carbons (Fsp3) is 1.00. The summed E-state index contributed by atoms with van der Waals surface area (Å²) in [6.07, 6.45) is 5.32. The zero-order chi connectivity index (χ0) is 11.9. The average molecular weight is 236 g/mol. The van der Waals surface area contributed by atoms with E-state index < -0.39 is 10.0 Å². The van der Waals surface area contributed by atoms with Crippen molar-refractivity contribution in [2.75, 3.05) is 12.8 Å². The molecule has 15 heavy (non-hydrogen) atoms. The van der Waals surface area contributed by atoms with Crippen molar-refractivity contribution in [1.82, 2.24) is 4.72 Å². The van der Waals surface area contributed by atoms with Crippen molar-refractivity contribution >= 4 is 10.0 Å². The maximum atomic E-state index is 10.9. The topological polar surface area (TPSA) is 72.2 Å². The predicted octanol–water partition coefficient (Wildman–Crippen LogP) is 1.08. The van der Waals surface area contributed by atoms with Gasteiger partial charge in [-0.15, -0.1) is 0 Å². The highest BCUT2D eigenvalue weighted by Crippen LogP contribution is 2.12. The molecule has 0 saturated carbocycles. The molecule has 0 fully saturated rings. The van der Waals surface area contributed by atoms with E-state index >= 15 is 0 Å². The third-order valence-electron chi connectivity index (χ3n) is 2.48. The fourth-order valence-electron chi connectivity index (χ4n) is 1.45. The van der Waals surface area contributed by atoms with Gasteiger partial charge in [0.2, 0.25) is 10.0 Å². The van der Waals surface area contributed by atoms with Crippen LogP contribution in [0.3, 0.4) is 0 Å². The minimum atomic E-state index is -3.05. The summed E-state index contributed by atoms with van der Waals surface area (Å²) in [7, 11) is -3.05. The average Bonchev–Trinajstić information content (AvgIpc) is 2.08. The largest absolute Gasteiger partial charge is 0.328 e. The maximum absolute atomic E-state index is 10.9. The first-order chi connectivity index (χ1) is 6.85. The molecule has 2 unspecified atom stereocenters. The quantitative estimate of drug-likeness (QED) is 0.662. The van der Waals surface area contributed by atoms with Gasteiger partial charge >= 0.3 is 0 Å². The van der Waals surface area contributed by atoms with Crippen molar-refractivity contribution in [3.8, 4) is 0 Å². The summed E-state index contributed by atoms with van der Waals surface area (Å²) in [6.45, 7) is 4.63. The highest BCUT2D eigenvalue weighted by molar-refractivity contribution is 7.88. The third-order valence-corrected chi connectivity index (χ3v) is 3.17. The predicted molar refractivity (Wildman–Crippen MR) is 64.1 cm³/mol. The van der Waals surface area contributed by atoms with E-state index in [1.807, 2.05) is 6.92 Å². The van der Waals surface area contributed by atoms with E-state index in [2.05, 4.69) is 11.6 Å². The Morgan fingerprint density at radius 2 is 1.93 bits per heavy atom. The molecule has 3 N–H and O–H groups in total. The second kappa shape index (κ2) is 7.19. The summed E-state index contributed by atoms with van der Waals surface area (Å²) in [5.41, 5.74) is 5.65. The van der Waals surface area contributed by atoms with Crippen molar-refractivity contribution in [1.29, 1.82) is 0 Å². The van der Waals surface area contributed by atoms with Crippen LogP contribution in [0.4, 0.5) is 0 Å². The van der Waals surface area contributed by atoms with E-state index in [0.717, 1.165) is 25.7 Å². The second-order valence-electron chi connectivity index (χ2n) is 4.30. The first-order valence-corrected chi connectivity index (χ1v) is 7.44. The molecular formula is C10H24N2O2S. The molecule has 0 saturated heterocycles. The molecule has 92 valence electrons. The van der Waals surface area contributed by atoms with Crippen LogP contribution in [0.25, 0.3) is 0 Å². The number of sulfonamides is 1. The van der Waals surface area contributed by atoms with Gasteiger partial charge in [-0.25, -0.2) is 13.1 Å². The molecule has 0 amide bonds. The van der Waals surface area contributed by atoms with Crippen molar-refractivity contribution in [2.24, 2.45) is 11.7 Å². The normalized spacial score (nSPS) is 16.3. The van der Waals surface area contributed by atoms with Crippen molar-refractivity contribution in [3.05, 3.63) is 0 Å². The van der Waals surface area contributed by atoms with Crippen LogP contribution in [0.5, 0.6) is 0 Å². The minimum Gasteiger partial charge on any atom is -0.328 e. The number of rotatable bonds is 8. The van der Waals surface area contributed by atoms with E-state index in [9.17, 15) is 8.42 Å². The Bertz CT molecular complexity index is 250. The van der Waals surface area contributed by atoms with Crippen molar-refractivity contribution in [3.63, 3.8) is 0 Å². The van der Waals surface area contributed by atoms with E-state index in [4.69, 9.17) is 5.73 Å². The molecule has 0 aliphatic carbocycles. The first-order valence-electron chi connectivity index (χ1n) is 5.55. The minimum absolute atomic E-state index is 0.241. The van der Waals surface area contributed by atoms with Crippen LogP contribution < -0.4 is 10.5 Å². The number of nitrogens with two attached hydrogens (primary N) is 1. The lowest BCUT2D eigenvalue weighted by Crippen LogP contribution is -2.28. The lowest BCUT2D eigenvalue weighted by atomic mass is 9.98. The zero-order valence-corrected chi connectivity index (χ0v) is 10.8. The van der Waals surface area contributed by atoms with Gasteiger partial charge in [-0.2, -0.15) is 0 Å². The summed E-state index contributed by atoms with van der Waals surface area (Å²) in [5.74, 6) is 0.429. The van der Waals surface area contributed by atoms with Crippen LogP contribution >= 0.6 is 0 Å². The fourth-order valence-corrected chi connectivity index (χ4v) is 1.99. The lowest BCUT2D eigenvalue weighted by molar-refractivity contribution is 0.430. The van der Waals surface area contributed by atoms with Gasteiger partial charge in [0, 0.05) is 12.6 Å². The molecule has 2 atom stereocenters. The summed E-state index contributed by atoms with van der Waals surface area (Å²) < 4.78 is 24.4. The number of hydrogen-bond acceptors (Lipinski definition) is 3. The second-order valence-corrected chi connectivity index (χ2v) is 6.14. The van der Waals surface area contributed by atoms with Gasteiger partial charge in [-0.3, -0.25) is 0 Å². The molecule has 0 spiro atoms. The highest BCUT2D eigenvalue weighted by Gasteiger charge is 2.09. The maximum Gasteiger partial charge on any atom is 0.208 e. The molecule has 4 nitrogen and oxygen atoms in total. The molecule has 5 heteroatoms. The van der Waals surface area contributed by atoms with E-state index in [0.29, 0.717) is 12.5 Å². The van der Waals surface area contributed by atoms with Gasteiger partial charge in [0.1, 0.15) is 0 Å². The Balaban J connectivity index is 3.74. The first kappa shape index (κ1) is 14.9. The molecule has 0 aromatic carbocycles. The number of hydrogen-bond donors (Lipinski definition) is 2. The molecule has 0 aromatic heterocycles. The Hall–Kier alpha value is -0.130. The Morgan fingerprint density at radius 3 is 2.33 bits per heavy atom. The molecule has 0 radical (unpaired) electrons. The van der Waals surface area contributed by atoms with Gasteiger partial charge in [0.15, 0.2) is 0 Å². The van der Waals surface area contributed by atoms with Gasteiger partial charge in [-0.1, -0.05) is 19.8 Å². The monoisotopic (exact) mass is 236 g/mol. The molecule has 0 heterocycles. The van der Waals surface area contributed by atoms with Crippen LogP contribution in [0.2, 0.25) is 0 Å². The standard InChI is InChI=1S/C10H24N2O2S/c1-4-10(7-5-6-9(2)11)8-12-15(3,13)14/h9-10,12H,4-8,11H2,1-3H3. The summed E-state index contributed by atoms with van der Waals surface area (Å²) in [4.78, 5) is 0. The van der Waals surface area contributed by atoms with E-state index in [1.165, 1.54) is 6.26 Å². The van der Waals surface area contributed by atoms with Crippen molar-refractivity contribution in [2.45, 2.75) is 45.6 Å². The van der Waals surface area contributed by atoms with E-state index in [-0.39, 0.29) is 6.04 Å². The summed E-state index contributed by atoms with van der Waals surface area (Å²) >= 11 is 0. The SMILES string of the molecule is CCC(CCCC(C)N)CNS(C)(=O)=O. The molecule has 0 rings (SSSR count). The van der Waals surface area contributed by atoms with Crippen LogP contribution in [0.15, 0.2) is 0 Å². The Morgan fingerprint density at radius 1 is 1.33 bits per heavy atom. The van der Waals surface area contributed by atoms with Gasteiger partial charge < -0.3 is 5.73 Å². The Kier molecular flexibility index (Phi) is 7.13. The summed E-state index contributed by atoms with van der Waals surface area (Å²) in [5, 5.41) is 0. The van der Waals surface area contributed by atoms with Crippen molar-refractivity contribution < 1.29 is 8.42 Å². The van der Waals surface area contributed by atoms with Gasteiger partial charge in [-0.05, 0) is 25.7 Å². The van der Waals surface area contributed by atoms with Gasteiger partial charge in [0.05, 0.1) is 6.26 Å². The van der Waals surface area contributed by atoms with E-state index in [1.54, 1.807) is 0 Å². The molecule has 0 aromatic rings. The molecule has 0 bridgehead atoms. The van der Waals surface area contributed by atoms with Gasteiger partial charge in [0.25, 0.3) is 0 Å². The molecule has 0 aliphatic heterocycles. The Labute approximate surface area is 93.7 Å². The van der Waals surface area contributed by atoms with Crippen LogP contribution in [-0.2, 0) is 10.0 Å². The van der Waals surface area contributed by atoms with Crippen LogP contribution in [0.1, 0.15) is 39.5 Å². The molecule has 0 aliphatic rings. The lowest BCUT2D eigenvalue weighted by Gasteiger charge is -2.15. The summed E-state index contributed by atoms with van der Waals surface area (Å²) in [6, 6.07) is 0.241.